The number of aromatic nitrogens is 4. The fourth-order valence-electron chi connectivity index (χ4n) is 4.27. The van der Waals surface area contributed by atoms with Crippen molar-refractivity contribution in [2.45, 2.75) is 63.7 Å². The van der Waals surface area contributed by atoms with Gasteiger partial charge in [0, 0.05) is 24.7 Å². The molecule has 0 spiro atoms. The number of halogens is 1. The number of anilines is 1. The fraction of sp³-hybridized carbons (Fsp3) is 0.636. The van der Waals surface area contributed by atoms with Crippen LogP contribution in [0.15, 0.2) is 12.4 Å². The molecule has 2 fully saturated rings. The number of nitrogens with zero attached hydrogens (tertiary/aromatic N) is 5. The number of nitrogens with two attached hydrogens (primary N) is 1. The highest BCUT2D eigenvalue weighted by atomic mass is 35.5. The number of aliphatic hydroxyl groups excluding tert-OH is 1. The van der Waals surface area contributed by atoms with E-state index in [0.717, 1.165) is 56.5 Å². The molecule has 0 aromatic carbocycles. The van der Waals surface area contributed by atoms with Gasteiger partial charge in [-0.25, -0.2) is 14.8 Å². The van der Waals surface area contributed by atoms with E-state index in [0.29, 0.717) is 23.2 Å². The molecule has 1 aliphatic heterocycles. The zero-order valence-electron chi connectivity index (χ0n) is 19.5. The first-order valence-electron chi connectivity index (χ1n) is 11.4. The minimum Gasteiger partial charge on any atom is -0.446 e. The summed E-state index contributed by atoms with van der Waals surface area (Å²) in [6.07, 6.45) is 7.97. The number of rotatable bonds is 3. The number of amides is 1. The molecular weight excluding hydrogens is 446 g/mol. The van der Waals surface area contributed by atoms with Crippen molar-refractivity contribution in [2.75, 3.05) is 32.9 Å². The maximum Gasteiger partial charge on any atom is 0.407 e. The second kappa shape index (κ2) is 11.6. The Kier molecular flexibility index (Phi) is 8.87. The van der Waals surface area contributed by atoms with Crippen LogP contribution in [0.1, 0.15) is 50.3 Å². The Bertz CT molecular complexity index is 931. The monoisotopic (exact) mass is 479 g/mol. The van der Waals surface area contributed by atoms with Crippen LogP contribution in [0, 0.1) is 6.92 Å². The number of piperidine rings is 1. The third kappa shape index (κ3) is 6.78. The Hall–Kier alpha value is -2.43. The van der Waals surface area contributed by atoms with Crippen molar-refractivity contribution in [3.05, 3.63) is 23.1 Å². The van der Waals surface area contributed by atoms with E-state index in [1.54, 1.807) is 0 Å². The van der Waals surface area contributed by atoms with Crippen LogP contribution >= 0.6 is 11.6 Å². The van der Waals surface area contributed by atoms with E-state index in [1.807, 2.05) is 6.20 Å². The molecule has 10 nitrogen and oxygen atoms in total. The number of carbonyl (C=O) groups excluding carboxylic acids is 1. The van der Waals surface area contributed by atoms with Crippen LogP contribution in [-0.4, -0.2) is 75.2 Å². The smallest absolute Gasteiger partial charge is 0.407 e. The van der Waals surface area contributed by atoms with Crippen molar-refractivity contribution in [3.8, 4) is 11.3 Å². The first kappa shape index (κ1) is 25.2. The third-order valence-electron chi connectivity index (χ3n) is 6.17. The lowest BCUT2D eigenvalue weighted by molar-refractivity contribution is 0.0237. The number of ether oxygens (including phenoxy) is 1. The van der Waals surface area contributed by atoms with Crippen molar-refractivity contribution in [1.29, 1.82) is 0 Å². The standard InChI is InChI=1S/C14H19ClN6.C8H15NO3/c1-9-11(13-12(15)8-17-14(16)19-13)7-18-21(9)10-3-5-20(2)6-4-10;1-9-8(11)12-7-4-2-3-6(10)5-7/h7-8,10H,3-6H2,1-2H3,(H2,16,17,19);6-7,10H,2-5H2,1H3,(H,9,11). The van der Waals surface area contributed by atoms with Gasteiger partial charge in [0.05, 0.1) is 35.3 Å². The van der Waals surface area contributed by atoms with Crippen LogP contribution in [0.3, 0.4) is 0 Å². The molecule has 0 bridgehead atoms. The number of aliphatic hydroxyl groups is 1. The van der Waals surface area contributed by atoms with Crippen molar-refractivity contribution >= 4 is 23.6 Å². The molecule has 2 aromatic heterocycles. The lowest BCUT2D eigenvalue weighted by Crippen LogP contribution is -2.32. The van der Waals surface area contributed by atoms with Crippen LogP contribution in [0.5, 0.6) is 0 Å². The summed E-state index contributed by atoms with van der Waals surface area (Å²) in [6.45, 7) is 4.25. The summed E-state index contributed by atoms with van der Waals surface area (Å²) < 4.78 is 7.10. The molecule has 2 aromatic rings. The SMILES string of the molecule is CNC(=O)OC1CCCC(O)C1.Cc1c(-c2nc(N)ncc2Cl)cnn1C1CCN(C)CC1. The highest BCUT2D eigenvalue weighted by Crippen LogP contribution is 2.31. The number of nitrogens with one attached hydrogen (secondary N) is 1. The van der Waals surface area contributed by atoms with Crippen LogP contribution < -0.4 is 11.1 Å². The van der Waals surface area contributed by atoms with Crippen LogP contribution in [0.2, 0.25) is 5.02 Å². The van der Waals surface area contributed by atoms with Crippen molar-refractivity contribution in [1.82, 2.24) is 30.0 Å². The highest BCUT2D eigenvalue weighted by Gasteiger charge is 2.23. The van der Waals surface area contributed by atoms with E-state index >= 15 is 0 Å². The average Bonchev–Trinajstić information content (AvgIpc) is 3.17. The molecule has 182 valence electrons. The number of nitrogen functional groups attached to an aromatic ring is 1. The molecule has 4 rings (SSSR count). The number of alkyl carbamates (subject to hydrolysis) is 1. The molecule has 1 aliphatic carbocycles. The second-order valence-electron chi connectivity index (χ2n) is 8.65. The van der Waals surface area contributed by atoms with E-state index in [9.17, 15) is 9.90 Å². The highest BCUT2D eigenvalue weighted by molar-refractivity contribution is 6.32. The molecule has 0 radical (unpaired) electrons. The summed E-state index contributed by atoms with van der Waals surface area (Å²) in [5.74, 6) is 0.223. The molecular formula is C22H34ClN7O3. The maximum absolute atomic E-state index is 10.8. The van der Waals surface area contributed by atoms with E-state index in [-0.39, 0.29) is 18.2 Å². The molecule has 1 saturated carbocycles. The zero-order chi connectivity index (χ0) is 24.0. The summed E-state index contributed by atoms with van der Waals surface area (Å²) in [5.41, 5.74) is 8.32. The number of hydrogen-bond acceptors (Lipinski definition) is 8. The predicted octanol–water partition coefficient (Wildman–Crippen LogP) is 2.80. The van der Waals surface area contributed by atoms with Gasteiger partial charge in [-0.3, -0.25) is 4.68 Å². The van der Waals surface area contributed by atoms with Crippen molar-refractivity contribution in [2.24, 2.45) is 0 Å². The molecule has 3 heterocycles. The summed E-state index contributed by atoms with van der Waals surface area (Å²) >= 11 is 6.19. The summed E-state index contributed by atoms with van der Waals surface area (Å²) in [5, 5.41) is 16.7. The van der Waals surface area contributed by atoms with Crippen LogP contribution in [0.25, 0.3) is 11.3 Å². The molecule has 1 saturated heterocycles. The Labute approximate surface area is 199 Å². The maximum atomic E-state index is 10.8. The van der Waals surface area contributed by atoms with E-state index < -0.39 is 6.09 Å². The van der Waals surface area contributed by atoms with Crippen molar-refractivity contribution < 1.29 is 14.6 Å². The summed E-state index contributed by atoms with van der Waals surface area (Å²) in [4.78, 5) is 21.3. The van der Waals surface area contributed by atoms with Gasteiger partial charge in [0.25, 0.3) is 0 Å². The Morgan fingerprint density at radius 3 is 2.67 bits per heavy atom. The molecule has 33 heavy (non-hydrogen) atoms. The van der Waals surface area contributed by atoms with Gasteiger partial charge < -0.3 is 25.8 Å². The Balaban J connectivity index is 0.000000218. The van der Waals surface area contributed by atoms with Gasteiger partial charge in [0.2, 0.25) is 5.95 Å². The van der Waals surface area contributed by atoms with Gasteiger partial charge in [-0.15, -0.1) is 0 Å². The number of hydrogen-bond donors (Lipinski definition) is 3. The third-order valence-corrected chi connectivity index (χ3v) is 6.45. The molecule has 1 amide bonds. The normalized spacial score (nSPS) is 21.7. The lowest BCUT2D eigenvalue weighted by atomic mass is 9.95. The number of likely N-dealkylation sites (tertiary alicyclic amines) is 1. The summed E-state index contributed by atoms with van der Waals surface area (Å²) in [7, 11) is 3.68. The zero-order valence-corrected chi connectivity index (χ0v) is 20.3. The molecule has 11 heteroatoms. The van der Waals surface area contributed by atoms with Gasteiger partial charge in [0.1, 0.15) is 6.10 Å². The Morgan fingerprint density at radius 2 is 2.00 bits per heavy atom. The molecule has 2 atom stereocenters. The van der Waals surface area contributed by atoms with Crippen LogP contribution in [0.4, 0.5) is 10.7 Å². The molecule has 4 N–H and O–H groups in total. The minimum atomic E-state index is -0.408. The second-order valence-corrected chi connectivity index (χ2v) is 9.05. The van der Waals surface area contributed by atoms with Gasteiger partial charge >= 0.3 is 6.09 Å². The van der Waals surface area contributed by atoms with Crippen LogP contribution in [-0.2, 0) is 4.74 Å². The van der Waals surface area contributed by atoms with Gasteiger partial charge in [-0.1, -0.05) is 11.6 Å². The molecule has 2 aliphatic rings. The van der Waals surface area contributed by atoms with Crippen molar-refractivity contribution in [3.63, 3.8) is 0 Å². The summed E-state index contributed by atoms with van der Waals surface area (Å²) in [6, 6.07) is 0.438. The Morgan fingerprint density at radius 1 is 1.27 bits per heavy atom. The van der Waals surface area contributed by atoms with E-state index in [2.05, 4.69) is 43.9 Å². The number of carbonyl (C=O) groups is 1. The first-order valence-corrected chi connectivity index (χ1v) is 11.7. The van der Waals surface area contributed by atoms with E-state index in [1.165, 1.54) is 13.2 Å². The fourth-order valence-corrected chi connectivity index (χ4v) is 4.46. The molecule has 2 unspecified atom stereocenters. The first-order chi connectivity index (χ1) is 15.8. The topological polar surface area (TPSA) is 131 Å². The average molecular weight is 480 g/mol. The minimum absolute atomic E-state index is 0.103. The van der Waals surface area contributed by atoms with Gasteiger partial charge in [0.15, 0.2) is 0 Å². The largest absolute Gasteiger partial charge is 0.446 e. The predicted molar refractivity (Wildman–Crippen MR) is 127 cm³/mol. The van der Waals surface area contributed by atoms with Gasteiger partial charge in [-0.05, 0) is 59.2 Å². The quantitative estimate of drug-likeness (QED) is 0.612. The van der Waals surface area contributed by atoms with Gasteiger partial charge in [-0.2, -0.15) is 5.10 Å². The lowest BCUT2D eigenvalue weighted by Gasteiger charge is -2.29. The van der Waals surface area contributed by atoms with E-state index in [4.69, 9.17) is 22.1 Å².